The number of amides is 1. The normalized spacial score (nSPS) is 11.6. The highest BCUT2D eigenvalue weighted by atomic mass is 19.3. The Morgan fingerprint density at radius 2 is 1.96 bits per heavy atom. The number of carbonyl (C=O) groups is 1. The molecule has 124 valence electrons. The molecule has 0 bridgehead atoms. The number of hydrogen-bond donors (Lipinski definition) is 2. The number of ether oxygens (including phenoxy) is 1. The third kappa shape index (κ3) is 4.76. The Morgan fingerprint density at radius 3 is 2.58 bits per heavy atom. The van der Waals surface area contributed by atoms with Gasteiger partial charge in [0, 0.05) is 12.1 Å². The smallest absolute Gasteiger partial charge is 0.387 e. The van der Waals surface area contributed by atoms with Crippen molar-refractivity contribution in [1.29, 1.82) is 5.26 Å². The molecule has 2 aromatic carbocycles. The minimum atomic E-state index is -2.95. The van der Waals surface area contributed by atoms with Crippen LogP contribution in [0.1, 0.15) is 27.6 Å². The summed E-state index contributed by atoms with van der Waals surface area (Å²) >= 11 is 0. The number of nitrogens with one attached hydrogen (secondary N) is 1. The summed E-state index contributed by atoms with van der Waals surface area (Å²) in [5.74, 6) is -0.488. The number of halogens is 2. The molecule has 24 heavy (non-hydrogen) atoms. The first-order valence-corrected chi connectivity index (χ1v) is 7.01. The van der Waals surface area contributed by atoms with Gasteiger partial charge in [-0.15, -0.1) is 0 Å². The minimum absolute atomic E-state index is 0.0695. The predicted molar refractivity (Wildman–Crippen MR) is 81.5 cm³/mol. The zero-order valence-corrected chi connectivity index (χ0v) is 12.4. The number of rotatable bonds is 6. The van der Waals surface area contributed by atoms with E-state index in [1.54, 1.807) is 0 Å². The van der Waals surface area contributed by atoms with Gasteiger partial charge < -0.3 is 15.2 Å². The van der Waals surface area contributed by atoms with Crippen LogP contribution < -0.4 is 10.1 Å². The molecule has 0 heterocycles. The van der Waals surface area contributed by atoms with E-state index in [-0.39, 0.29) is 12.3 Å². The monoisotopic (exact) mass is 332 g/mol. The number of aliphatic hydroxyl groups is 1. The lowest BCUT2D eigenvalue weighted by atomic mass is 10.1. The van der Waals surface area contributed by atoms with Gasteiger partial charge in [-0.25, -0.2) is 0 Å². The Kier molecular flexibility index (Phi) is 5.82. The van der Waals surface area contributed by atoms with Gasteiger partial charge in [0.25, 0.3) is 5.91 Å². The molecule has 0 aliphatic rings. The van der Waals surface area contributed by atoms with Crippen LogP contribution in [0, 0.1) is 11.3 Å². The molecule has 1 atom stereocenters. The van der Waals surface area contributed by atoms with Crippen molar-refractivity contribution in [2.75, 3.05) is 6.54 Å². The van der Waals surface area contributed by atoms with Crippen molar-refractivity contribution in [1.82, 2.24) is 5.32 Å². The number of nitrogens with zero attached hydrogens (tertiary/aromatic N) is 1. The molecule has 1 amide bonds. The van der Waals surface area contributed by atoms with Crippen molar-refractivity contribution >= 4 is 5.91 Å². The van der Waals surface area contributed by atoms with Crippen LogP contribution in [-0.2, 0) is 0 Å². The topological polar surface area (TPSA) is 82.4 Å². The molecular formula is C17H14F2N2O3. The largest absolute Gasteiger partial charge is 0.435 e. The summed E-state index contributed by atoms with van der Waals surface area (Å²) in [6.07, 6.45) is -1.08. The number of aliphatic hydroxyl groups excluding tert-OH is 1. The SMILES string of the molecule is N#Cc1ccc(C(=O)NCC(O)c2cccc(OC(F)F)c2)cc1. The van der Waals surface area contributed by atoms with Gasteiger partial charge in [-0.3, -0.25) is 4.79 Å². The highest BCUT2D eigenvalue weighted by Gasteiger charge is 2.13. The Balaban J connectivity index is 1.95. The van der Waals surface area contributed by atoms with Gasteiger partial charge in [0.05, 0.1) is 17.7 Å². The van der Waals surface area contributed by atoms with Crippen LogP contribution >= 0.6 is 0 Å². The molecule has 5 nitrogen and oxygen atoms in total. The summed E-state index contributed by atoms with van der Waals surface area (Å²) in [5.41, 5.74) is 1.12. The summed E-state index contributed by atoms with van der Waals surface area (Å²) in [6, 6.07) is 13.6. The second-order valence-electron chi connectivity index (χ2n) is 4.87. The van der Waals surface area contributed by atoms with E-state index in [2.05, 4.69) is 10.1 Å². The van der Waals surface area contributed by atoms with E-state index in [0.717, 1.165) is 0 Å². The van der Waals surface area contributed by atoms with E-state index in [1.165, 1.54) is 48.5 Å². The van der Waals surface area contributed by atoms with Gasteiger partial charge in [-0.2, -0.15) is 14.0 Å². The van der Waals surface area contributed by atoms with E-state index in [1.807, 2.05) is 6.07 Å². The Labute approximate surface area is 137 Å². The lowest BCUT2D eigenvalue weighted by Gasteiger charge is -2.14. The van der Waals surface area contributed by atoms with E-state index in [4.69, 9.17) is 5.26 Å². The summed E-state index contributed by atoms with van der Waals surface area (Å²) in [6.45, 7) is -3.05. The number of nitriles is 1. The molecule has 0 saturated carbocycles. The summed E-state index contributed by atoms with van der Waals surface area (Å²) in [4.78, 5) is 12.0. The minimum Gasteiger partial charge on any atom is -0.435 e. The van der Waals surface area contributed by atoms with Crippen LogP contribution in [0.15, 0.2) is 48.5 Å². The lowest BCUT2D eigenvalue weighted by Crippen LogP contribution is -2.28. The molecule has 0 aliphatic heterocycles. The fraction of sp³-hybridized carbons (Fsp3) is 0.176. The fourth-order valence-electron chi connectivity index (χ4n) is 2.00. The molecule has 0 radical (unpaired) electrons. The lowest BCUT2D eigenvalue weighted by molar-refractivity contribution is -0.0499. The fourth-order valence-corrected chi connectivity index (χ4v) is 2.00. The van der Waals surface area contributed by atoms with E-state index < -0.39 is 18.6 Å². The molecule has 2 rings (SSSR count). The third-order valence-electron chi connectivity index (χ3n) is 3.20. The van der Waals surface area contributed by atoms with Crippen molar-refractivity contribution in [3.05, 3.63) is 65.2 Å². The van der Waals surface area contributed by atoms with E-state index >= 15 is 0 Å². The molecular weight excluding hydrogens is 318 g/mol. The van der Waals surface area contributed by atoms with Crippen LogP contribution in [0.3, 0.4) is 0 Å². The number of hydrogen-bond acceptors (Lipinski definition) is 4. The number of benzene rings is 2. The standard InChI is InChI=1S/C17H14F2N2O3/c18-17(19)24-14-3-1-2-13(8-14)15(22)10-21-16(23)12-6-4-11(9-20)5-7-12/h1-8,15,17,22H,10H2,(H,21,23). The van der Waals surface area contributed by atoms with Crippen LogP contribution in [0.2, 0.25) is 0 Å². The molecule has 7 heteroatoms. The maximum atomic E-state index is 12.2. The quantitative estimate of drug-likeness (QED) is 0.852. The Hall–Kier alpha value is -2.98. The average Bonchev–Trinajstić information content (AvgIpc) is 2.59. The highest BCUT2D eigenvalue weighted by Crippen LogP contribution is 2.20. The molecule has 0 spiro atoms. The second kappa shape index (κ2) is 8.04. The van der Waals surface area contributed by atoms with Crippen LogP contribution in [0.4, 0.5) is 8.78 Å². The highest BCUT2D eigenvalue weighted by molar-refractivity contribution is 5.94. The van der Waals surface area contributed by atoms with Gasteiger partial charge in [-0.1, -0.05) is 12.1 Å². The van der Waals surface area contributed by atoms with Gasteiger partial charge >= 0.3 is 6.61 Å². The van der Waals surface area contributed by atoms with Crippen molar-refractivity contribution < 1.29 is 23.4 Å². The van der Waals surface area contributed by atoms with Crippen LogP contribution in [0.5, 0.6) is 5.75 Å². The average molecular weight is 332 g/mol. The summed E-state index contributed by atoms with van der Waals surface area (Å²) in [7, 11) is 0. The molecule has 2 N–H and O–H groups in total. The molecule has 0 fully saturated rings. The van der Waals surface area contributed by atoms with E-state index in [0.29, 0.717) is 16.7 Å². The summed E-state index contributed by atoms with van der Waals surface area (Å²) < 4.78 is 28.6. The van der Waals surface area contributed by atoms with E-state index in [9.17, 15) is 18.7 Å². The first-order chi connectivity index (χ1) is 11.5. The zero-order chi connectivity index (χ0) is 17.5. The van der Waals surface area contributed by atoms with Gasteiger partial charge in [-0.05, 0) is 42.0 Å². The van der Waals surface area contributed by atoms with Gasteiger partial charge in [0.2, 0.25) is 0 Å². The van der Waals surface area contributed by atoms with Crippen molar-refractivity contribution in [3.63, 3.8) is 0 Å². The summed E-state index contributed by atoms with van der Waals surface area (Å²) in [5, 5.41) is 21.3. The molecule has 0 aliphatic carbocycles. The second-order valence-corrected chi connectivity index (χ2v) is 4.87. The number of carbonyl (C=O) groups excluding carboxylic acids is 1. The van der Waals surface area contributed by atoms with Crippen molar-refractivity contribution in [2.45, 2.75) is 12.7 Å². The van der Waals surface area contributed by atoms with Crippen LogP contribution in [-0.4, -0.2) is 24.2 Å². The van der Waals surface area contributed by atoms with Gasteiger partial charge in [0.1, 0.15) is 5.75 Å². The molecule has 1 unspecified atom stereocenters. The maximum Gasteiger partial charge on any atom is 0.387 e. The third-order valence-corrected chi connectivity index (χ3v) is 3.20. The maximum absolute atomic E-state index is 12.2. The van der Waals surface area contributed by atoms with Gasteiger partial charge in [0.15, 0.2) is 0 Å². The number of alkyl halides is 2. The van der Waals surface area contributed by atoms with Crippen molar-refractivity contribution in [3.8, 4) is 11.8 Å². The van der Waals surface area contributed by atoms with Crippen LogP contribution in [0.25, 0.3) is 0 Å². The Bertz CT molecular complexity index is 742. The predicted octanol–water partition coefficient (Wildman–Crippen LogP) is 2.62. The first-order valence-electron chi connectivity index (χ1n) is 7.01. The molecule has 0 saturated heterocycles. The van der Waals surface area contributed by atoms with Crippen molar-refractivity contribution in [2.24, 2.45) is 0 Å². The molecule has 0 aromatic heterocycles. The first kappa shape index (κ1) is 17.4. The zero-order valence-electron chi connectivity index (χ0n) is 12.4. The Morgan fingerprint density at radius 1 is 1.25 bits per heavy atom. The molecule has 2 aromatic rings.